The van der Waals surface area contributed by atoms with Crippen LogP contribution in [0, 0.1) is 0 Å². The molecular weight excluding hydrogens is 256 g/mol. The summed E-state index contributed by atoms with van der Waals surface area (Å²) in [6.07, 6.45) is 1.04. The molecule has 2 rings (SSSR count). The molecule has 0 fully saturated rings. The Labute approximate surface area is 117 Å². The van der Waals surface area contributed by atoms with Gasteiger partial charge in [-0.1, -0.05) is 30.3 Å². The van der Waals surface area contributed by atoms with Crippen LogP contribution in [-0.4, -0.2) is 36.3 Å². The highest BCUT2D eigenvalue weighted by atomic mass is 32.1. The molecule has 0 spiro atoms. The van der Waals surface area contributed by atoms with E-state index >= 15 is 0 Å². The summed E-state index contributed by atoms with van der Waals surface area (Å²) < 4.78 is 0. The number of carbonyl (C=O) groups excluding carboxylic acids is 1. The van der Waals surface area contributed by atoms with Gasteiger partial charge >= 0.3 is 0 Å². The van der Waals surface area contributed by atoms with Crippen molar-refractivity contribution in [2.24, 2.45) is 0 Å². The predicted molar refractivity (Wildman–Crippen MR) is 79.4 cm³/mol. The van der Waals surface area contributed by atoms with Crippen molar-refractivity contribution in [1.82, 2.24) is 9.88 Å². The summed E-state index contributed by atoms with van der Waals surface area (Å²) >= 11 is 1.56. The molecule has 1 heterocycles. The van der Waals surface area contributed by atoms with Crippen molar-refractivity contribution in [2.75, 3.05) is 20.6 Å². The maximum Gasteiger partial charge on any atom is 0.140 e. The van der Waals surface area contributed by atoms with Crippen LogP contribution in [0.5, 0.6) is 0 Å². The fourth-order valence-electron chi connectivity index (χ4n) is 1.74. The van der Waals surface area contributed by atoms with Crippen LogP contribution < -0.4 is 0 Å². The van der Waals surface area contributed by atoms with E-state index in [0.717, 1.165) is 22.8 Å². The average molecular weight is 274 g/mol. The lowest BCUT2D eigenvalue weighted by Gasteiger charge is -2.07. The minimum atomic E-state index is 0.252. The van der Waals surface area contributed by atoms with Crippen molar-refractivity contribution in [3.63, 3.8) is 0 Å². The van der Waals surface area contributed by atoms with Gasteiger partial charge in [0.25, 0.3) is 0 Å². The first-order valence-corrected chi connectivity index (χ1v) is 7.19. The maximum atomic E-state index is 11.8. The van der Waals surface area contributed by atoms with Gasteiger partial charge in [-0.15, -0.1) is 11.3 Å². The van der Waals surface area contributed by atoms with Crippen LogP contribution in [0.15, 0.2) is 35.7 Å². The second kappa shape index (κ2) is 6.59. The number of thiazole rings is 1. The molecular formula is C15H18N2OS. The van der Waals surface area contributed by atoms with Crippen LogP contribution >= 0.6 is 11.3 Å². The zero-order valence-corrected chi connectivity index (χ0v) is 12.1. The standard InChI is InChI=1S/C15H18N2OS/c1-17(2)9-8-13(18)10-15-16-14(11-19-15)12-6-4-3-5-7-12/h3-7,11H,8-10H2,1-2H3. The molecule has 100 valence electrons. The average Bonchev–Trinajstić information content (AvgIpc) is 2.86. The highest BCUT2D eigenvalue weighted by Crippen LogP contribution is 2.21. The Morgan fingerprint density at radius 3 is 2.68 bits per heavy atom. The Balaban J connectivity index is 1.96. The fourth-order valence-corrected chi connectivity index (χ4v) is 2.57. The van der Waals surface area contributed by atoms with Gasteiger partial charge in [-0.3, -0.25) is 4.79 Å². The first-order chi connectivity index (χ1) is 9.15. The number of carbonyl (C=O) groups is 1. The Hall–Kier alpha value is -1.52. The summed E-state index contributed by atoms with van der Waals surface area (Å²) in [5.74, 6) is 0.252. The van der Waals surface area contributed by atoms with Gasteiger partial charge in [0.1, 0.15) is 10.8 Å². The SMILES string of the molecule is CN(C)CCC(=O)Cc1nc(-c2ccccc2)cs1. The molecule has 3 nitrogen and oxygen atoms in total. The van der Waals surface area contributed by atoms with Gasteiger partial charge in [-0.25, -0.2) is 4.98 Å². The van der Waals surface area contributed by atoms with Gasteiger partial charge in [0.2, 0.25) is 0 Å². The zero-order chi connectivity index (χ0) is 13.7. The normalized spacial score (nSPS) is 10.9. The van der Waals surface area contributed by atoms with Crippen molar-refractivity contribution < 1.29 is 4.79 Å². The molecule has 0 saturated heterocycles. The summed E-state index contributed by atoms with van der Waals surface area (Å²) in [6, 6.07) is 10.0. The van der Waals surface area contributed by atoms with E-state index in [0.29, 0.717) is 12.8 Å². The lowest BCUT2D eigenvalue weighted by molar-refractivity contribution is -0.118. The van der Waals surface area contributed by atoms with E-state index in [4.69, 9.17) is 0 Å². The third-order valence-electron chi connectivity index (χ3n) is 2.81. The van der Waals surface area contributed by atoms with Crippen molar-refractivity contribution >= 4 is 17.1 Å². The number of Topliss-reactive ketones (excluding diaryl/α,β-unsaturated/α-hetero) is 1. The minimum Gasteiger partial charge on any atom is -0.309 e. The van der Waals surface area contributed by atoms with Gasteiger partial charge in [-0.05, 0) is 14.1 Å². The smallest absolute Gasteiger partial charge is 0.140 e. The summed E-state index contributed by atoms with van der Waals surface area (Å²) in [5.41, 5.74) is 2.06. The number of hydrogen-bond donors (Lipinski definition) is 0. The van der Waals surface area contributed by atoms with Crippen LogP contribution in [0.25, 0.3) is 11.3 Å². The summed E-state index contributed by atoms with van der Waals surface area (Å²) in [5, 5.41) is 2.92. The predicted octanol–water partition coefficient (Wildman–Crippen LogP) is 2.87. The quantitative estimate of drug-likeness (QED) is 0.812. The van der Waals surface area contributed by atoms with E-state index in [9.17, 15) is 4.79 Å². The number of hydrogen-bond acceptors (Lipinski definition) is 4. The minimum absolute atomic E-state index is 0.252. The van der Waals surface area contributed by atoms with Gasteiger partial charge in [0.05, 0.1) is 12.1 Å². The lowest BCUT2D eigenvalue weighted by Crippen LogP contribution is -2.17. The summed E-state index contributed by atoms with van der Waals surface area (Å²) in [7, 11) is 3.95. The molecule has 4 heteroatoms. The monoisotopic (exact) mass is 274 g/mol. The van der Waals surface area contributed by atoms with Gasteiger partial charge < -0.3 is 4.90 Å². The first kappa shape index (κ1) is 13.9. The summed E-state index contributed by atoms with van der Waals surface area (Å²) in [4.78, 5) is 18.4. The number of rotatable bonds is 6. The summed E-state index contributed by atoms with van der Waals surface area (Å²) in [6.45, 7) is 0.801. The Morgan fingerprint density at radius 1 is 1.26 bits per heavy atom. The van der Waals surface area contributed by atoms with E-state index in [1.165, 1.54) is 0 Å². The van der Waals surface area contributed by atoms with Gasteiger partial charge in [0.15, 0.2) is 0 Å². The van der Waals surface area contributed by atoms with Crippen molar-refractivity contribution in [3.8, 4) is 11.3 Å². The van der Waals surface area contributed by atoms with E-state index in [1.807, 2.05) is 54.7 Å². The Bertz CT molecular complexity index is 534. The molecule has 1 aromatic heterocycles. The van der Waals surface area contributed by atoms with Crippen LogP contribution in [-0.2, 0) is 11.2 Å². The number of aromatic nitrogens is 1. The van der Waals surface area contributed by atoms with Crippen LogP contribution in [0.4, 0.5) is 0 Å². The molecule has 0 unspecified atom stereocenters. The van der Waals surface area contributed by atoms with Gasteiger partial charge in [0, 0.05) is 23.9 Å². The van der Waals surface area contributed by atoms with Crippen molar-refractivity contribution in [1.29, 1.82) is 0 Å². The highest BCUT2D eigenvalue weighted by molar-refractivity contribution is 7.10. The van der Waals surface area contributed by atoms with E-state index in [2.05, 4.69) is 4.98 Å². The van der Waals surface area contributed by atoms with Gasteiger partial charge in [-0.2, -0.15) is 0 Å². The number of ketones is 1. The van der Waals surface area contributed by atoms with E-state index in [-0.39, 0.29) is 5.78 Å². The maximum absolute atomic E-state index is 11.8. The third kappa shape index (κ3) is 4.26. The molecule has 0 aliphatic heterocycles. The molecule has 1 aromatic carbocycles. The zero-order valence-electron chi connectivity index (χ0n) is 11.3. The lowest BCUT2D eigenvalue weighted by atomic mass is 10.2. The molecule has 2 aromatic rings. The largest absolute Gasteiger partial charge is 0.309 e. The van der Waals surface area contributed by atoms with E-state index < -0.39 is 0 Å². The van der Waals surface area contributed by atoms with Crippen LogP contribution in [0.3, 0.4) is 0 Å². The first-order valence-electron chi connectivity index (χ1n) is 6.31. The number of nitrogens with zero attached hydrogens (tertiary/aromatic N) is 2. The Morgan fingerprint density at radius 2 is 2.00 bits per heavy atom. The molecule has 19 heavy (non-hydrogen) atoms. The van der Waals surface area contributed by atoms with Crippen LogP contribution in [0.2, 0.25) is 0 Å². The number of benzene rings is 1. The molecule has 0 aliphatic carbocycles. The fraction of sp³-hybridized carbons (Fsp3) is 0.333. The molecule has 0 N–H and O–H groups in total. The van der Waals surface area contributed by atoms with E-state index in [1.54, 1.807) is 11.3 Å². The second-order valence-electron chi connectivity index (χ2n) is 4.76. The molecule has 0 bridgehead atoms. The highest BCUT2D eigenvalue weighted by Gasteiger charge is 2.09. The third-order valence-corrected chi connectivity index (χ3v) is 3.66. The molecule has 0 atom stereocenters. The van der Waals surface area contributed by atoms with Crippen molar-refractivity contribution in [3.05, 3.63) is 40.7 Å². The Kier molecular flexibility index (Phi) is 4.82. The van der Waals surface area contributed by atoms with Crippen molar-refractivity contribution in [2.45, 2.75) is 12.8 Å². The molecule has 0 aliphatic rings. The topological polar surface area (TPSA) is 33.2 Å². The molecule has 0 amide bonds. The van der Waals surface area contributed by atoms with Crippen LogP contribution in [0.1, 0.15) is 11.4 Å². The molecule has 0 radical (unpaired) electrons. The second-order valence-corrected chi connectivity index (χ2v) is 5.70. The molecule has 0 saturated carbocycles.